The van der Waals surface area contributed by atoms with Crippen molar-refractivity contribution in [3.63, 3.8) is 0 Å². The van der Waals surface area contributed by atoms with Crippen LogP contribution in [0.1, 0.15) is 26.2 Å². The molecule has 3 heteroatoms. The predicted octanol–water partition coefficient (Wildman–Crippen LogP) is 1.26. The summed E-state index contributed by atoms with van der Waals surface area (Å²) in [6.07, 6.45) is 3.12. The van der Waals surface area contributed by atoms with Crippen molar-refractivity contribution in [2.45, 2.75) is 32.3 Å². The van der Waals surface area contributed by atoms with E-state index in [0.717, 1.165) is 19.5 Å². The van der Waals surface area contributed by atoms with Gasteiger partial charge >= 0.3 is 0 Å². The van der Waals surface area contributed by atoms with E-state index in [0.29, 0.717) is 5.92 Å². The minimum atomic E-state index is -0.112. The van der Waals surface area contributed by atoms with Crippen LogP contribution in [-0.4, -0.2) is 29.2 Å². The van der Waals surface area contributed by atoms with E-state index < -0.39 is 0 Å². The van der Waals surface area contributed by atoms with Gasteiger partial charge in [0.25, 0.3) is 0 Å². The monoisotopic (exact) mass is 245 g/mol. The summed E-state index contributed by atoms with van der Waals surface area (Å²) in [5.41, 5.74) is 0. The smallest absolute Gasteiger partial charge is 0.0577 e. The fourth-order valence-corrected chi connectivity index (χ4v) is 1.74. The van der Waals surface area contributed by atoms with Crippen molar-refractivity contribution >= 4 is 0 Å². The number of aliphatic hydroxyl groups excluding tert-OH is 1. The molecule has 0 amide bonds. The Kier molecular flexibility index (Phi) is 7.03. The van der Waals surface area contributed by atoms with Crippen LogP contribution in [0.15, 0.2) is 0 Å². The average molecular weight is 245 g/mol. The fourth-order valence-electron chi connectivity index (χ4n) is 1.74. The van der Waals surface area contributed by atoms with Crippen molar-refractivity contribution in [3.8, 4) is 0 Å². The van der Waals surface area contributed by atoms with Crippen molar-refractivity contribution in [2.24, 2.45) is 5.92 Å². The Morgan fingerprint density at radius 2 is 2.33 bits per heavy atom. The third kappa shape index (κ3) is 3.82. The zero-order valence-corrected chi connectivity index (χ0v) is 10.7. The molecule has 2 unspecified atom stereocenters. The maximum atomic E-state index is 9.55. The molecule has 1 rings (SSSR count). The maximum Gasteiger partial charge on any atom is 0.0577 e. The largest absolute Gasteiger partial charge is 0.459 e. The number of hydrogen-bond donors (Lipinski definition) is 1. The number of nitrogens with zero attached hydrogens (tertiary/aromatic N) is 1. The molecule has 0 aromatic rings. The van der Waals surface area contributed by atoms with Crippen molar-refractivity contribution in [2.75, 3.05) is 13.1 Å². The minimum absolute atomic E-state index is 0. The molecule has 1 N–H and O–H groups in total. The van der Waals surface area contributed by atoms with Gasteiger partial charge in [-0.3, -0.25) is 7.05 Å². The molecule has 0 aromatic carbocycles. The molecule has 2 nitrogen and oxygen atoms in total. The Morgan fingerprint density at radius 1 is 1.67 bits per heavy atom. The van der Waals surface area contributed by atoms with Crippen LogP contribution >= 0.6 is 0 Å². The molecule has 1 radical (unpaired) electrons. The Morgan fingerprint density at radius 3 is 2.83 bits per heavy atom. The predicted molar refractivity (Wildman–Crippen MR) is 46.0 cm³/mol. The molecule has 1 aliphatic rings. The molecule has 1 heterocycles. The topological polar surface area (TPSA) is 23.5 Å². The first-order chi connectivity index (χ1) is 5.24. The van der Waals surface area contributed by atoms with Crippen LogP contribution in [0.3, 0.4) is 0 Å². The number of piperidine rings is 1. The molecule has 0 bridgehead atoms. The fraction of sp³-hybridized carbons (Fsp3) is 0.889. The first kappa shape index (κ1) is 13.0. The van der Waals surface area contributed by atoms with Crippen LogP contribution in [0.5, 0.6) is 0 Å². The van der Waals surface area contributed by atoms with Crippen LogP contribution in [0.4, 0.5) is 0 Å². The van der Waals surface area contributed by atoms with Crippen LogP contribution in [0, 0.1) is 13.0 Å². The van der Waals surface area contributed by atoms with Gasteiger partial charge in [0.2, 0.25) is 0 Å². The summed E-state index contributed by atoms with van der Waals surface area (Å²) in [5, 5.41) is 9.55. The summed E-state index contributed by atoms with van der Waals surface area (Å²) in [4.78, 5) is 2.06. The van der Waals surface area contributed by atoms with E-state index in [1.54, 1.807) is 0 Å². The van der Waals surface area contributed by atoms with Crippen LogP contribution < -0.4 is 0 Å². The maximum absolute atomic E-state index is 9.55. The molecule has 1 aliphatic heterocycles. The zero-order chi connectivity index (χ0) is 8.27. The third-order valence-corrected chi connectivity index (χ3v) is 2.50. The van der Waals surface area contributed by atoms with Gasteiger partial charge < -0.3 is 10.0 Å². The van der Waals surface area contributed by atoms with Gasteiger partial charge in [-0.15, -0.1) is 0 Å². The van der Waals surface area contributed by atoms with E-state index in [2.05, 4.69) is 11.9 Å². The molecular weight excluding hydrogens is 227 g/mol. The summed E-state index contributed by atoms with van der Waals surface area (Å²) in [6.45, 7) is 4.09. The zero-order valence-electron chi connectivity index (χ0n) is 7.87. The Hall–Kier alpha value is 1.02. The van der Waals surface area contributed by atoms with E-state index in [1.807, 2.05) is 6.92 Å². The van der Waals surface area contributed by atoms with Gasteiger partial charge in [-0.1, -0.05) is 6.92 Å². The van der Waals surface area contributed by atoms with Crippen molar-refractivity contribution in [1.82, 2.24) is 4.90 Å². The van der Waals surface area contributed by atoms with Crippen molar-refractivity contribution in [3.05, 3.63) is 7.05 Å². The number of aliphatic hydroxyl groups is 1. The molecule has 69 valence electrons. The van der Waals surface area contributed by atoms with Gasteiger partial charge in [-0.25, -0.2) is 0 Å². The van der Waals surface area contributed by atoms with Crippen LogP contribution in [0.25, 0.3) is 0 Å². The van der Waals surface area contributed by atoms with Gasteiger partial charge in [0, 0.05) is 32.7 Å². The van der Waals surface area contributed by atoms with E-state index in [-0.39, 0.29) is 38.8 Å². The van der Waals surface area contributed by atoms with Gasteiger partial charge in [-0.2, -0.15) is 0 Å². The molecule has 0 aliphatic carbocycles. The van der Waals surface area contributed by atoms with E-state index in [4.69, 9.17) is 0 Å². The van der Waals surface area contributed by atoms with Crippen molar-refractivity contribution < 1.29 is 37.8 Å². The third-order valence-electron chi connectivity index (χ3n) is 2.50. The Labute approximate surface area is 101 Å². The summed E-state index contributed by atoms with van der Waals surface area (Å²) in [5.74, 6) is 0.464. The molecule has 0 spiro atoms. The SMILES string of the molecule is [CH2-]N1CCCC(C(O)CC)C1.[Y]. The number of likely N-dealkylation sites (tertiary alicyclic amines) is 1. The van der Waals surface area contributed by atoms with Gasteiger partial charge in [0.1, 0.15) is 0 Å². The first-order valence-corrected chi connectivity index (χ1v) is 4.47. The summed E-state index contributed by atoms with van der Waals surface area (Å²) in [7, 11) is 3.89. The second-order valence-electron chi connectivity index (χ2n) is 3.45. The van der Waals surface area contributed by atoms with Crippen LogP contribution in [-0.2, 0) is 32.7 Å². The second-order valence-corrected chi connectivity index (χ2v) is 3.45. The normalized spacial score (nSPS) is 27.8. The molecular formula is C9H18NOY-. The number of rotatable bonds is 2. The minimum Gasteiger partial charge on any atom is -0.459 e. The average Bonchev–Trinajstić information content (AvgIpc) is 2.03. The summed E-state index contributed by atoms with van der Waals surface area (Å²) < 4.78 is 0. The summed E-state index contributed by atoms with van der Waals surface area (Å²) >= 11 is 0. The molecule has 1 saturated heterocycles. The standard InChI is InChI=1S/C9H18NO.Y/c1-3-9(11)8-5-4-6-10(2)7-8;/h8-9,11H,2-7H2,1H3;/q-1;. The van der Waals surface area contributed by atoms with E-state index in [9.17, 15) is 5.11 Å². The Bertz CT molecular complexity index is 121. The second kappa shape index (κ2) is 6.47. The first-order valence-electron chi connectivity index (χ1n) is 4.47. The van der Waals surface area contributed by atoms with Gasteiger partial charge in [0.05, 0.1) is 6.10 Å². The van der Waals surface area contributed by atoms with Crippen LogP contribution in [0.2, 0.25) is 0 Å². The quantitative estimate of drug-likeness (QED) is 0.740. The molecule has 0 aromatic heterocycles. The van der Waals surface area contributed by atoms with E-state index in [1.165, 1.54) is 12.8 Å². The molecule has 1 fully saturated rings. The van der Waals surface area contributed by atoms with Gasteiger partial charge in [0.15, 0.2) is 0 Å². The number of hydrogen-bond acceptors (Lipinski definition) is 2. The summed E-state index contributed by atoms with van der Waals surface area (Å²) in [6, 6.07) is 0. The Balaban J connectivity index is 0.00000121. The van der Waals surface area contributed by atoms with E-state index >= 15 is 0 Å². The molecule has 2 atom stereocenters. The molecule has 0 saturated carbocycles. The molecule has 12 heavy (non-hydrogen) atoms. The van der Waals surface area contributed by atoms with Crippen molar-refractivity contribution in [1.29, 1.82) is 0 Å². The van der Waals surface area contributed by atoms with Gasteiger partial charge in [-0.05, 0) is 38.3 Å².